The monoisotopic (exact) mass is 442 g/mol. The van der Waals surface area contributed by atoms with Crippen LogP contribution in [-0.4, -0.2) is 50.9 Å². The zero-order valence-corrected chi connectivity index (χ0v) is 18.8. The maximum absolute atomic E-state index is 10.6. The van der Waals surface area contributed by atoms with E-state index in [1.165, 1.54) is 11.3 Å². The Morgan fingerprint density at radius 3 is 2.70 bits per heavy atom. The van der Waals surface area contributed by atoms with E-state index in [1.54, 1.807) is 35.9 Å². The summed E-state index contributed by atoms with van der Waals surface area (Å²) in [6.07, 6.45) is 9.14. The summed E-state index contributed by atoms with van der Waals surface area (Å²) in [4.78, 5) is 13.9. The van der Waals surface area contributed by atoms with E-state index in [0.717, 1.165) is 69.0 Å². The summed E-state index contributed by atoms with van der Waals surface area (Å²) in [7, 11) is 0. The Morgan fingerprint density at radius 1 is 1.30 bits per heavy atom. The number of nitrogens with zero attached hydrogens (tertiary/aromatic N) is 4. The van der Waals surface area contributed by atoms with Crippen LogP contribution < -0.4 is 10.2 Å². The Kier molecular flexibility index (Phi) is 6.31. The smallest absolute Gasteiger partial charge is 0.189 e. The normalized spacial score (nSPS) is 16.7. The average molecular weight is 443 g/mol. The lowest BCUT2D eigenvalue weighted by Crippen LogP contribution is -2.43. The first-order chi connectivity index (χ1) is 14.6. The summed E-state index contributed by atoms with van der Waals surface area (Å²) < 4.78 is 0. The molecule has 30 heavy (non-hydrogen) atoms. The fourth-order valence-electron chi connectivity index (χ4n) is 3.62. The third-order valence-corrected chi connectivity index (χ3v) is 7.53. The van der Waals surface area contributed by atoms with E-state index in [-0.39, 0.29) is 5.76 Å². The van der Waals surface area contributed by atoms with E-state index in [9.17, 15) is 5.11 Å². The number of aliphatic hydroxyl groups excluding tert-OH is 1. The Balaban J connectivity index is 1.60. The van der Waals surface area contributed by atoms with Crippen molar-refractivity contribution in [3.05, 3.63) is 47.5 Å². The zero-order valence-electron chi connectivity index (χ0n) is 17.2. The maximum atomic E-state index is 10.6. The molecule has 4 rings (SSSR count). The second-order valence-corrected chi connectivity index (χ2v) is 9.13. The first-order valence-electron chi connectivity index (χ1n) is 10.1. The number of hydrogen-bond donors (Lipinski definition) is 3. The van der Waals surface area contributed by atoms with Crippen LogP contribution in [-0.2, 0) is 0 Å². The predicted octanol–water partition coefficient (Wildman–Crippen LogP) is 4.61. The predicted molar refractivity (Wildman–Crippen MR) is 126 cm³/mol. The number of allylic oxidation sites excluding steroid dienone is 4. The van der Waals surface area contributed by atoms with Crippen LogP contribution in [0.3, 0.4) is 0 Å². The molecule has 3 aromatic rings. The molecule has 7 nitrogen and oxygen atoms in total. The van der Waals surface area contributed by atoms with Crippen molar-refractivity contribution in [2.24, 2.45) is 0 Å². The van der Waals surface area contributed by atoms with Gasteiger partial charge in [0, 0.05) is 29.9 Å². The number of H-pyrrole nitrogens is 1. The van der Waals surface area contributed by atoms with E-state index in [0.29, 0.717) is 6.04 Å². The Hall–Kier alpha value is -2.49. The Bertz CT molecular complexity index is 1040. The molecular weight excluding hydrogens is 416 g/mol. The summed E-state index contributed by atoms with van der Waals surface area (Å²) in [5.74, 6) is 0.164. The van der Waals surface area contributed by atoms with E-state index in [4.69, 9.17) is 9.97 Å². The van der Waals surface area contributed by atoms with Gasteiger partial charge >= 0.3 is 0 Å². The molecule has 0 spiro atoms. The molecule has 1 aliphatic rings. The summed E-state index contributed by atoms with van der Waals surface area (Å²) in [6, 6.07) is 0.534. The molecule has 3 N–H and O–H groups in total. The van der Waals surface area contributed by atoms with Crippen molar-refractivity contribution in [2.75, 3.05) is 24.5 Å². The van der Waals surface area contributed by atoms with Crippen molar-refractivity contribution in [3.8, 4) is 0 Å². The van der Waals surface area contributed by atoms with Gasteiger partial charge in [-0.25, -0.2) is 9.97 Å². The highest BCUT2D eigenvalue weighted by Crippen LogP contribution is 2.36. The molecule has 4 heterocycles. The minimum absolute atomic E-state index is 0.164. The molecule has 0 bridgehead atoms. The molecule has 0 radical (unpaired) electrons. The molecule has 3 aromatic heterocycles. The van der Waals surface area contributed by atoms with Crippen LogP contribution in [0.15, 0.2) is 36.9 Å². The number of hydrogen-bond acceptors (Lipinski definition) is 8. The largest absolute Gasteiger partial charge is 0.508 e. The quantitative estimate of drug-likeness (QED) is 0.366. The zero-order chi connectivity index (χ0) is 21.1. The van der Waals surface area contributed by atoms with Gasteiger partial charge in [0.25, 0.3) is 0 Å². The molecule has 0 amide bonds. The molecule has 0 saturated carbocycles. The van der Waals surface area contributed by atoms with E-state index >= 15 is 0 Å². The lowest BCUT2D eigenvalue weighted by atomic mass is 10.1. The first-order valence-corrected chi connectivity index (χ1v) is 11.7. The van der Waals surface area contributed by atoms with Crippen LogP contribution in [0.1, 0.15) is 37.3 Å². The second kappa shape index (κ2) is 9.11. The second-order valence-electron chi connectivity index (χ2n) is 7.19. The fraction of sp³-hybridized carbons (Fsp3) is 0.381. The molecule has 0 unspecified atom stereocenters. The number of fused-ring (bicyclic) bond motifs is 1. The van der Waals surface area contributed by atoms with Crippen molar-refractivity contribution in [3.63, 3.8) is 0 Å². The van der Waals surface area contributed by atoms with Gasteiger partial charge in [0.2, 0.25) is 0 Å². The van der Waals surface area contributed by atoms with Gasteiger partial charge in [-0.15, -0.1) is 0 Å². The first kappa shape index (κ1) is 20.8. The third-order valence-electron chi connectivity index (χ3n) is 5.35. The van der Waals surface area contributed by atoms with E-state index < -0.39 is 0 Å². The highest BCUT2D eigenvalue weighted by Gasteiger charge is 2.24. The number of aromatic amines is 1. The van der Waals surface area contributed by atoms with Crippen LogP contribution in [0.4, 0.5) is 5.13 Å². The maximum Gasteiger partial charge on any atom is 0.189 e. The van der Waals surface area contributed by atoms with E-state index in [1.807, 2.05) is 6.92 Å². The van der Waals surface area contributed by atoms with Gasteiger partial charge in [0.15, 0.2) is 14.8 Å². The topological polar surface area (TPSA) is 90.0 Å². The average Bonchev–Trinajstić information content (AvgIpc) is 3.49. The van der Waals surface area contributed by atoms with Gasteiger partial charge in [-0.05, 0) is 51.4 Å². The van der Waals surface area contributed by atoms with Gasteiger partial charge in [-0.3, -0.25) is 5.10 Å². The standard InChI is InChI=1S/C21H26N6OS2/c1-4-14(15-11-23-24-12-15)10-17(28)13(3)18-25-19-20(29-18)26-21(30-19)27(5-2)16-6-8-22-9-7-16/h4,10-12,16,22,28H,1,5-9H2,2-3H3,(H,23,24)/b14-10+,17-13-. The van der Waals surface area contributed by atoms with Gasteiger partial charge < -0.3 is 15.3 Å². The molecule has 1 saturated heterocycles. The number of piperidine rings is 1. The Morgan fingerprint density at radius 2 is 2.07 bits per heavy atom. The fourth-order valence-corrected chi connectivity index (χ4v) is 5.80. The highest BCUT2D eigenvalue weighted by atomic mass is 32.1. The molecule has 1 aliphatic heterocycles. The lowest BCUT2D eigenvalue weighted by Gasteiger charge is -2.33. The van der Waals surface area contributed by atoms with Crippen LogP contribution in [0.5, 0.6) is 0 Å². The van der Waals surface area contributed by atoms with Gasteiger partial charge in [-0.2, -0.15) is 5.10 Å². The molecule has 0 atom stereocenters. The minimum atomic E-state index is 0.164. The molecule has 0 aromatic carbocycles. The SMILES string of the molecule is C=C/C(=C\C(O)=C(/C)c1nc2sc(N(CC)C3CCNCC3)nc2s1)c1cn[nH]c1. The van der Waals surface area contributed by atoms with Crippen LogP contribution in [0.25, 0.3) is 20.8 Å². The van der Waals surface area contributed by atoms with Crippen LogP contribution in [0.2, 0.25) is 0 Å². The van der Waals surface area contributed by atoms with Gasteiger partial charge in [0.05, 0.1) is 6.20 Å². The Labute approximate surface area is 183 Å². The van der Waals surface area contributed by atoms with Crippen molar-refractivity contribution >= 4 is 48.6 Å². The minimum Gasteiger partial charge on any atom is -0.508 e. The van der Waals surface area contributed by atoms with Gasteiger partial charge in [-0.1, -0.05) is 35.3 Å². The number of thiazole rings is 2. The number of aromatic nitrogens is 4. The van der Waals surface area contributed by atoms with Crippen LogP contribution in [0, 0.1) is 0 Å². The summed E-state index contributed by atoms with van der Waals surface area (Å²) in [6.45, 7) is 11.0. The van der Waals surface area contributed by atoms with Crippen LogP contribution >= 0.6 is 22.7 Å². The number of aliphatic hydroxyl groups is 1. The van der Waals surface area contributed by atoms with Gasteiger partial charge in [0.1, 0.15) is 10.8 Å². The molecule has 9 heteroatoms. The third kappa shape index (κ3) is 4.19. The van der Waals surface area contributed by atoms with Crippen molar-refractivity contribution in [1.29, 1.82) is 0 Å². The number of rotatable bonds is 7. The van der Waals surface area contributed by atoms with Crippen molar-refractivity contribution < 1.29 is 5.11 Å². The highest BCUT2D eigenvalue weighted by molar-refractivity contribution is 7.28. The molecule has 158 valence electrons. The van der Waals surface area contributed by atoms with Crippen molar-refractivity contribution in [1.82, 2.24) is 25.5 Å². The summed E-state index contributed by atoms with van der Waals surface area (Å²) in [5.41, 5.74) is 2.38. The summed E-state index contributed by atoms with van der Waals surface area (Å²) >= 11 is 3.15. The number of nitrogens with one attached hydrogen (secondary N) is 2. The molecule has 1 fully saturated rings. The number of anilines is 1. The van der Waals surface area contributed by atoms with E-state index in [2.05, 4.69) is 33.9 Å². The summed E-state index contributed by atoms with van der Waals surface area (Å²) in [5, 5.41) is 22.6. The van der Waals surface area contributed by atoms with Crippen molar-refractivity contribution in [2.45, 2.75) is 32.7 Å². The molecular formula is C21H26N6OS2. The lowest BCUT2D eigenvalue weighted by molar-refractivity contribution is 0.433. The molecule has 0 aliphatic carbocycles.